The lowest BCUT2D eigenvalue weighted by Gasteiger charge is -2.27. The van der Waals surface area contributed by atoms with Gasteiger partial charge in [-0.2, -0.15) is 0 Å². The van der Waals surface area contributed by atoms with Crippen LogP contribution in [0.5, 0.6) is 0 Å². The van der Waals surface area contributed by atoms with Gasteiger partial charge in [0.15, 0.2) is 0 Å². The summed E-state index contributed by atoms with van der Waals surface area (Å²) in [5.41, 5.74) is 0.765. The van der Waals surface area contributed by atoms with Crippen molar-refractivity contribution in [1.29, 1.82) is 0 Å². The van der Waals surface area contributed by atoms with Crippen LogP contribution in [0.15, 0.2) is 25.2 Å². The van der Waals surface area contributed by atoms with Crippen LogP contribution in [0, 0.1) is 5.92 Å². The van der Waals surface area contributed by atoms with Crippen molar-refractivity contribution >= 4 is 11.9 Å². The number of aromatic amines is 1. The highest BCUT2D eigenvalue weighted by Crippen LogP contribution is 2.11. The fourth-order valence-electron chi connectivity index (χ4n) is 1.69. The molecule has 1 aromatic rings. The Balaban J connectivity index is 2.87. The first-order valence-electron chi connectivity index (χ1n) is 5.95. The van der Waals surface area contributed by atoms with Gasteiger partial charge in [0, 0.05) is 25.4 Å². The number of methoxy groups -OCH3 is 1. The summed E-state index contributed by atoms with van der Waals surface area (Å²) >= 11 is 0. The Morgan fingerprint density at radius 2 is 2.32 bits per heavy atom. The summed E-state index contributed by atoms with van der Waals surface area (Å²) < 4.78 is 4.75. The molecule has 2 atom stereocenters. The Morgan fingerprint density at radius 3 is 2.79 bits per heavy atom. The molecular formula is C13H19N3O3. The van der Waals surface area contributed by atoms with Crippen molar-refractivity contribution in [3.63, 3.8) is 0 Å². The summed E-state index contributed by atoms with van der Waals surface area (Å²) in [6.07, 6.45) is 5.02. The van der Waals surface area contributed by atoms with Crippen molar-refractivity contribution in [3.05, 3.63) is 30.9 Å². The number of nitrogens with one attached hydrogen (secondary N) is 1. The van der Waals surface area contributed by atoms with Gasteiger partial charge in [-0.1, -0.05) is 13.0 Å². The molecule has 6 heteroatoms. The molecule has 0 aliphatic rings. The Hall–Kier alpha value is -2.11. The monoisotopic (exact) mass is 265 g/mol. The molecule has 104 valence electrons. The van der Waals surface area contributed by atoms with E-state index in [0.29, 0.717) is 6.42 Å². The molecule has 1 aromatic heterocycles. The average Bonchev–Trinajstić information content (AvgIpc) is 2.94. The first kappa shape index (κ1) is 14.9. The fraction of sp³-hybridized carbons (Fsp3) is 0.462. The van der Waals surface area contributed by atoms with E-state index >= 15 is 0 Å². The number of nitrogens with zero attached hydrogens (tertiary/aromatic N) is 2. The van der Waals surface area contributed by atoms with Crippen molar-refractivity contribution < 1.29 is 14.3 Å². The maximum Gasteiger partial charge on any atom is 0.328 e. The van der Waals surface area contributed by atoms with Gasteiger partial charge in [0.2, 0.25) is 5.91 Å². The molecule has 0 bridgehead atoms. The minimum Gasteiger partial charge on any atom is -0.467 e. The smallest absolute Gasteiger partial charge is 0.328 e. The lowest BCUT2D eigenvalue weighted by Crippen LogP contribution is -2.46. The van der Waals surface area contributed by atoms with Crippen LogP contribution in [0.1, 0.15) is 12.6 Å². The number of aromatic nitrogens is 2. The van der Waals surface area contributed by atoms with Crippen LogP contribution < -0.4 is 0 Å². The molecule has 19 heavy (non-hydrogen) atoms. The molecule has 1 amide bonds. The third-order valence-electron chi connectivity index (χ3n) is 3.00. The Labute approximate surface area is 112 Å². The van der Waals surface area contributed by atoms with E-state index in [9.17, 15) is 9.59 Å². The van der Waals surface area contributed by atoms with Crippen molar-refractivity contribution in [1.82, 2.24) is 14.9 Å². The van der Waals surface area contributed by atoms with E-state index in [1.165, 1.54) is 18.3 Å². The minimum atomic E-state index is -0.680. The van der Waals surface area contributed by atoms with Crippen LogP contribution in [0.4, 0.5) is 0 Å². The average molecular weight is 265 g/mol. The molecule has 0 spiro atoms. The van der Waals surface area contributed by atoms with Gasteiger partial charge in [-0.3, -0.25) is 4.79 Å². The zero-order valence-electron chi connectivity index (χ0n) is 11.4. The third-order valence-corrected chi connectivity index (χ3v) is 3.00. The van der Waals surface area contributed by atoms with E-state index in [2.05, 4.69) is 16.5 Å². The molecule has 0 fully saturated rings. The predicted molar refractivity (Wildman–Crippen MR) is 70.2 cm³/mol. The van der Waals surface area contributed by atoms with Crippen LogP contribution >= 0.6 is 0 Å². The number of hydrogen-bond acceptors (Lipinski definition) is 4. The number of carbonyl (C=O) groups excluding carboxylic acids is 2. The quantitative estimate of drug-likeness (QED) is 0.609. The number of imidazole rings is 1. The number of ether oxygens (including phenoxy) is 1. The van der Waals surface area contributed by atoms with Crippen LogP contribution in [-0.4, -0.2) is 46.9 Å². The summed E-state index contributed by atoms with van der Waals surface area (Å²) in [6.45, 7) is 5.32. The van der Waals surface area contributed by atoms with Gasteiger partial charge in [-0.15, -0.1) is 6.58 Å². The van der Waals surface area contributed by atoms with E-state index in [4.69, 9.17) is 4.74 Å². The summed E-state index contributed by atoms with van der Waals surface area (Å²) in [4.78, 5) is 32.1. The number of rotatable bonds is 6. The lowest BCUT2D eigenvalue weighted by atomic mass is 10.1. The summed E-state index contributed by atoms with van der Waals surface area (Å²) in [5.74, 6) is -0.981. The van der Waals surface area contributed by atoms with Crippen LogP contribution in [0.2, 0.25) is 0 Å². The van der Waals surface area contributed by atoms with Crippen LogP contribution in [-0.2, 0) is 20.7 Å². The second kappa shape index (κ2) is 6.72. The lowest BCUT2D eigenvalue weighted by molar-refractivity contribution is -0.152. The van der Waals surface area contributed by atoms with Gasteiger partial charge < -0.3 is 14.6 Å². The number of carbonyl (C=O) groups is 2. The first-order chi connectivity index (χ1) is 9.01. The fourth-order valence-corrected chi connectivity index (χ4v) is 1.69. The van der Waals surface area contributed by atoms with E-state index in [1.807, 2.05) is 0 Å². The molecule has 1 heterocycles. The standard InChI is InChI=1S/C13H19N3O3/c1-5-9(2)12(17)16(3)11(13(18)19-4)6-10-7-14-8-15-10/h5,7-9,11H,1,6H2,2-4H3,(H,14,15)/t9?,11-/m0/s1. The maximum absolute atomic E-state index is 12.1. The molecule has 0 aliphatic carbocycles. The molecule has 0 aromatic carbocycles. The van der Waals surface area contributed by atoms with Crippen molar-refractivity contribution in [2.75, 3.05) is 14.2 Å². The van der Waals surface area contributed by atoms with E-state index in [-0.39, 0.29) is 11.8 Å². The second-order valence-electron chi connectivity index (χ2n) is 4.29. The summed E-state index contributed by atoms with van der Waals surface area (Å²) in [7, 11) is 2.89. The van der Waals surface area contributed by atoms with Gasteiger partial charge in [0.25, 0.3) is 0 Å². The van der Waals surface area contributed by atoms with Gasteiger partial charge in [-0.25, -0.2) is 9.78 Å². The van der Waals surface area contributed by atoms with E-state index in [1.54, 1.807) is 26.2 Å². The van der Waals surface area contributed by atoms with Crippen molar-refractivity contribution in [2.45, 2.75) is 19.4 Å². The first-order valence-corrected chi connectivity index (χ1v) is 5.95. The molecule has 0 radical (unpaired) electrons. The van der Waals surface area contributed by atoms with E-state index < -0.39 is 12.0 Å². The minimum absolute atomic E-state index is 0.176. The Morgan fingerprint density at radius 1 is 1.63 bits per heavy atom. The van der Waals surface area contributed by atoms with E-state index in [0.717, 1.165) is 5.69 Å². The normalized spacial score (nSPS) is 13.4. The molecule has 1 N–H and O–H groups in total. The molecule has 0 saturated heterocycles. The number of H-pyrrole nitrogens is 1. The van der Waals surface area contributed by atoms with Gasteiger partial charge in [0.1, 0.15) is 6.04 Å². The van der Waals surface area contributed by atoms with Gasteiger partial charge in [0.05, 0.1) is 19.4 Å². The highest BCUT2D eigenvalue weighted by Gasteiger charge is 2.29. The number of likely N-dealkylation sites (N-methyl/N-ethyl adjacent to an activating group) is 1. The zero-order valence-corrected chi connectivity index (χ0v) is 11.4. The van der Waals surface area contributed by atoms with Crippen LogP contribution in [0.25, 0.3) is 0 Å². The Kier molecular flexibility index (Phi) is 5.29. The second-order valence-corrected chi connectivity index (χ2v) is 4.29. The summed E-state index contributed by atoms with van der Waals surface area (Å²) in [6, 6.07) is -0.680. The number of hydrogen-bond donors (Lipinski definition) is 1. The highest BCUT2D eigenvalue weighted by molar-refractivity contribution is 5.86. The maximum atomic E-state index is 12.1. The topological polar surface area (TPSA) is 75.3 Å². The van der Waals surface area contributed by atoms with Crippen LogP contribution in [0.3, 0.4) is 0 Å². The SMILES string of the molecule is C=CC(C)C(=O)N(C)[C@@H](Cc1cnc[nH]1)C(=O)OC. The predicted octanol–water partition coefficient (Wildman–Crippen LogP) is 0.774. The zero-order chi connectivity index (χ0) is 14.4. The number of esters is 1. The number of amides is 1. The molecule has 0 saturated carbocycles. The highest BCUT2D eigenvalue weighted by atomic mass is 16.5. The molecule has 0 aliphatic heterocycles. The van der Waals surface area contributed by atoms with Gasteiger partial charge >= 0.3 is 5.97 Å². The largest absolute Gasteiger partial charge is 0.467 e. The third kappa shape index (κ3) is 3.67. The molecule has 1 rings (SSSR count). The molecule has 1 unspecified atom stereocenters. The molecule has 6 nitrogen and oxygen atoms in total. The molecular weight excluding hydrogens is 246 g/mol. The Bertz CT molecular complexity index is 442. The van der Waals surface area contributed by atoms with Gasteiger partial charge in [-0.05, 0) is 0 Å². The summed E-state index contributed by atoms with van der Waals surface area (Å²) in [5, 5.41) is 0. The van der Waals surface area contributed by atoms with Crippen molar-refractivity contribution in [3.8, 4) is 0 Å². The van der Waals surface area contributed by atoms with Crippen molar-refractivity contribution in [2.24, 2.45) is 5.92 Å².